The molecule has 4 rings (SSSR count). The maximum atomic E-state index is 5.53. The molecule has 26 heavy (non-hydrogen) atoms. The quantitative estimate of drug-likeness (QED) is 0.611. The van der Waals surface area contributed by atoms with Gasteiger partial charge in [0.1, 0.15) is 5.03 Å². The zero-order valence-electron chi connectivity index (χ0n) is 15.1. The third-order valence-corrected chi connectivity index (χ3v) is 5.38. The summed E-state index contributed by atoms with van der Waals surface area (Å²) in [5, 5.41) is 2.19. The predicted molar refractivity (Wildman–Crippen MR) is 106 cm³/mol. The standard InChI is InChI=1S/C21H22N2O2S/c1-23(2)8-9-26-21-17(10-15-6-4-3-5-7-15)11-16-12-19-20(25-14-24-19)13-18(16)22-21/h3-7,11-13H,8-10,14H2,1-2H3. The molecule has 0 saturated heterocycles. The van der Waals surface area contributed by atoms with E-state index in [9.17, 15) is 0 Å². The van der Waals surface area contributed by atoms with Gasteiger partial charge in [-0.3, -0.25) is 0 Å². The fourth-order valence-corrected chi connectivity index (χ4v) is 4.11. The molecule has 0 unspecified atom stereocenters. The van der Waals surface area contributed by atoms with Gasteiger partial charge < -0.3 is 14.4 Å². The van der Waals surface area contributed by atoms with Crippen molar-refractivity contribution in [2.24, 2.45) is 0 Å². The smallest absolute Gasteiger partial charge is 0.231 e. The molecule has 0 saturated carbocycles. The summed E-state index contributed by atoms with van der Waals surface area (Å²) in [4.78, 5) is 7.15. The van der Waals surface area contributed by atoms with Gasteiger partial charge in [-0.1, -0.05) is 30.3 Å². The molecule has 0 N–H and O–H groups in total. The number of aromatic nitrogens is 1. The Morgan fingerprint density at radius 3 is 2.58 bits per heavy atom. The average molecular weight is 366 g/mol. The van der Waals surface area contributed by atoms with Crippen molar-refractivity contribution in [1.29, 1.82) is 0 Å². The van der Waals surface area contributed by atoms with E-state index < -0.39 is 0 Å². The molecule has 0 fully saturated rings. The van der Waals surface area contributed by atoms with Crippen LogP contribution in [0.25, 0.3) is 10.9 Å². The van der Waals surface area contributed by atoms with Crippen molar-refractivity contribution in [3.05, 3.63) is 59.7 Å². The summed E-state index contributed by atoms with van der Waals surface area (Å²) < 4.78 is 11.0. The maximum absolute atomic E-state index is 5.53. The minimum absolute atomic E-state index is 0.285. The van der Waals surface area contributed by atoms with Crippen molar-refractivity contribution in [1.82, 2.24) is 9.88 Å². The maximum Gasteiger partial charge on any atom is 0.231 e. The summed E-state index contributed by atoms with van der Waals surface area (Å²) in [6.07, 6.45) is 0.877. The summed E-state index contributed by atoms with van der Waals surface area (Å²) in [6.45, 7) is 1.31. The van der Waals surface area contributed by atoms with E-state index in [-0.39, 0.29) is 6.79 Å². The largest absolute Gasteiger partial charge is 0.454 e. The zero-order valence-corrected chi connectivity index (χ0v) is 15.9. The van der Waals surface area contributed by atoms with Crippen LogP contribution >= 0.6 is 11.8 Å². The Labute approximate surface area is 158 Å². The van der Waals surface area contributed by atoms with Gasteiger partial charge in [-0.05, 0) is 37.4 Å². The Morgan fingerprint density at radius 2 is 1.81 bits per heavy atom. The Morgan fingerprint density at radius 1 is 1.04 bits per heavy atom. The second-order valence-electron chi connectivity index (χ2n) is 6.66. The molecule has 1 aromatic heterocycles. The molecule has 1 aliphatic heterocycles. The van der Waals surface area contributed by atoms with Crippen LogP contribution in [0.2, 0.25) is 0 Å². The molecule has 1 aliphatic rings. The normalized spacial score (nSPS) is 12.9. The SMILES string of the molecule is CN(C)CCSc1nc2cc3c(cc2cc1Cc1ccccc1)OCO3. The minimum atomic E-state index is 0.285. The van der Waals surface area contributed by atoms with Gasteiger partial charge in [-0.25, -0.2) is 4.98 Å². The first kappa shape index (κ1) is 17.2. The molecule has 2 aromatic carbocycles. The van der Waals surface area contributed by atoms with Gasteiger partial charge >= 0.3 is 0 Å². The molecule has 0 spiro atoms. The Balaban J connectivity index is 1.71. The van der Waals surface area contributed by atoms with E-state index in [0.29, 0.717) is 0 Å². The number of ether oxygens (including phenoxy) is 2. The molecule has 0 atom stereocenters. The lowest BCUT2D eigenvalue weighted by molar-refractivity contribution is 0.174. The summed E-state index contributed by atoms with van der Waals surface area (Å²) in [5.74, 6) is 2.60. The fraction of sp³-hybridized carbons (Fsp3) is 0.286. The van der Waals surface area contributed by atoms with Crippen molar-refractivity contribution in [3.8, 4) is 11.5 Å². The molecule has 5 heteroatoms. The number of pyridine rings is 1. The Hall–Kier alpha value is -2.24. The van der Waals surface area contributed by atoms with Crippen LogP contribution < -0.4 is 9.47 Å². The minimum Gasteiger partial charge on any atom is -0.454 e. The molecular formula is C21H22N2O2S. The van der Waals surface area contributed by atoms with Gasteiger partial charge in [0.15, 0.2) is 11.5 Å². The summed E-state index contributed by atoms with van der Waals surface area (Å²) >= 11 is 1.82. The van der Waals surface area contributed by atoms with E-state index in [2.05, 4.69) is 55.4 Å². The Bertz CT molecular complexity index is 913. The molecule has 0 radical (unpaired) electrons. The first-order valence-electron chi connectivity index (χ1n) is 8.74. The van der Waals surface area contributed by atoms with Crippen molar-refractivity contribution in [2.45, 2.75) is 11.4 Å². The van der Waals surface area contributed by atoms with Crippen LogP contribution in [-0.4, -0.2) is 43.1 Å². The van der Waals surface area contributed by atoms with Crippen LogP contribution in [0.3, 0.4) is 0 Å². The number of thioether (sulfide) groups is 1. The van der Waals surface area contributed by atoms with Gasteiger partial charge in [0.25, 0.3) is 0 Å². The van der Waals surface area contributed by atoms with E-state index in [1.807, 2.05) is 23.9 Å². The van der Waals surface area contributed by atoms with Crippen LogP contribution in [0.4, 0.5) is 0 Å². The van der Waals surface area contributed by atoms with E-state index in [4.69, 9.17) is 14.5 Å². The predicted octanol–water partition coefficient (Wildman–Crippen LogP) is 4.21. The third kappa shape index (κ3) is 3.79. The van der Waals surface area contributed by atoms with Gasteiger partial charge in [0.05, 0.1) is 5.52 Å². The fourth-order valence-electron chi connectivity index (χ4n) is 2.98. The number of rotatable bonds is 6. The van der Waals surface area contributed by atoms with Gasteiger partial charge in [-0.2, -0.15) is 0 Å². The summed E-state index contributed by atoms with van der Waals surface area (Å²) in [5.41, 5.74) is 3.51. The van der Waals surface area contributed by atoms with E-state index in [1.165, 1.54) is 11.1 Å². The molecule has 3 aromatic rings. The van der Waals surface area contributed by atoms with Crippen LogP contribution in [0, 0.1) is 0 Å². The number of benzene rings is 2. The first-order valence-corrected chi connectivity index (χ1v) is 9.72. The number of hydrogen-bond donors (Lipinski definition) is 0. The van der Waals surface area contributed by atoms with Crippen LogP contribution in [0.15, 0.2) is 53.6 Å². The lowest BCUT2D eigenvalue weighted by Gasteiger charge is -2.13. The topological polar surface area (TPSA) is 34.6 Å². The lowest BCUT2D eigenvalue weighted by atomic mass is 10.0. The molecule has 4 nitrogen and oxygen atoms in total. The lowest BCUT2D eigenvalue weighted by Crippen LogP contribution is -2.15. The molecule has 134 valence electrons. The van der Waals surface area contributed by atoms with Crippen LogP contribution in [0.5, 0.6) is 11.5 Å². The van der Waals surface area contributed by atoms with Gasteiger partial charge in [-0.15, -0.1) is 11.8 Å². The van der Waals surface area contributed by atoms with E-state index in [0.717, 1.165) is 46.1 Å². The monoisotopic (exact) mass is 366 g/mol. The second-order valence-corrected chi connectivity index (χ2v) is 7.75. The Kier molecular flexibility index (Phi) is 5.00. The van der Waals surface area contributed by atoms with Crippen LogP contribution in [0.1, 0.15) is 11.1 Å². The summed E-state index contributed by atoms with van der Waals surface area (Å²) in [7, 11) is 4.19. The highest BCUT2D eigenvalue weighted by Crippen LogP contribution is 2.37. The van der Waals surface area contributed by atoms with Gasteiger partial charge in [0, 0.05) is 30.2 Å². The average Bonchev–Trinajstić information content (AvgIpc) is 3.08. The highest BCUT2D eigenvalue weighted by atomic mass is 32.2. The van der Waals surface area contributed by atoms with E-state index in [1.54, 1.807) is 0 Å². The number of hydrogen-bond acceptors (Lipinski definition) is 5. The third-order valence-electron chi connectivity index (χ3n) is 4.36. The van der Waals surface area contributed by atoms with Crippen LogP contribution in [-0.2, 0) is 6.42 Å². The highest BCUT2D eigenvalue weighted by molar-refractivity contribution is 7.99. The number of nitrogens with zero attached hydrogens (tertiary/aromatic N) is 2. The molecule has 2 heterocycles. The molecule has 0 aliphatic carbocycles. The van der Waals surface area contributed by atoms with Crippen molar-refractivity contribution >= 4 is 22.7 Å². The van der Waals surface area contributed by atoms with E-state index >= 15 is 0 Å². The molecule has 0 amide bonds. The van der Waals surface area contributed by atoms with Crippen molar-refractivity contribution in [2.75, 3.05) is 33.2 Å². The van der Waals surface area contributed by atoms with Crippen molar-refractivity contribution < 1.29 is 9.47 Å². The first-order chi connectivity index (χ1) is 12.7. The second kappa shape index (κ2) is 7.56. The molecule has 0 bridgehead atoms. The number of fused-ring (bicyclic) bond motifs is 2. The summed E-state index contributed by atoms with van der Waals surface area (Å²) in [6, 6.07) is 16.8. The van der Waals surface area contributed by atoms with Gasteiger partial charge in [0.2, 0.25) is 6.79 Å². The van der Waals surface area contributed by atoms with Crippen molar-refractivity contribution in [3.63, 3.8) is 0 Å². The zero-order chi connectivity index (χ0) is 17.9. The molecular weight excluding hydrogens is 344 g/mol. The highest BCUT2D eigenvalue weighted by Gasteiger charge is 2.17.